The van der Waals surface area contributed by atoms with E-state index in [2.05, 4.69) is 0 Å². The number of hydrogen-bond donors (Lipinski definition) is 0. The van der Waals surface area contributed by atoms with Crippen LogP contribution in [-0.4, -0.2) is 49.6 Å². The van der Waals surface area contributed by atoms with E-state index in [9.17, 15) is 13.2 Å². The van der Waals surface area contributed by atoms with Crippen molar-refractivity contribution in [3.63, 3.8) is 0 Å². The second kappa shape index (κ2) is 8.29. The molecule has 0 aliphatic carbocycles. The molecule has 1 amide bonds. The lowest BCUT2D eigenvalue weighted by atomic mass is 10.1. The van der Waals surface area contributed by atoms with E-state index in [0.717, 1.165) is 0 Å². The van der Waals surface area contributed by atoms with Crippen LogP contribution < -0.4 is 4.74 Å². The number of sulfonamides is 1. The normalized spacial score (nSPS) is 18.3. The van der Waals surface area contributed by atoms with Crippen molar-refractivity contribution in [2.24, 2.45) is 0 Å². The van der Waals surface area contributed by atoms with E-state index in [-0.39, 0.29) is 16.7 Å². The standard InChI is InChI=1S/C19H21ClN2O4S/c1-26-16-10-8-15(9-11-16)19-21(18(23)14-20)12-5-13-22(19)27(24,25)17-6-3-2-4-7-17/h2-4,6-11,19H,5,12-14H2,1H3. The number of benzene rings is 2. The number of methoxy groups -OCH3 is 1. The summed E-state index contributed by atoms with van der Waals surface area (Å²) in [5.41, 5.74) is 0.688. The van der Waals surface area contributed by atoms with Gasteiger partial charge in [0.15, 0.2) is 0 Å². The number of ether oxygens (including phenoxy) is 1. The van der Waals surface area contributed by atoms with E-state index >= 15 is 0 Å². The van der Waals surface area contributed by atoms with Crippen molar-refractivity contribution >= 4 is 27.5 Å². The molecule has 27 heavy (non-hydrogen) atoms. The van der Waals surface area contributed by atoms with E-state index < -0.39 is 16.2 Å². The van der Waals surface area contributed by atoms with Gasteiger partial charge in [-0.2, -0.15) is 4.31 Å². The number of amides is 1. The van der Waals surface area contributed by atoms with Crippen LogP contribution in [0.25, 0.3) is 0 Å². The number of rotatable bonds is 5. The van der Waals surface area contributed by atoms with E-state index in [0.29, 0.717) is 30.8 Å². The largest absolute Gasteiger partial charge is 0.497 e. The first-order valence-electron chi connectivity index (χ1n) is 8.55. The zero-order valence-corrected chi connectivity index (χ0v) is 16.5. The van der Waals surface area contributed by atoms with Crippen LogP contribution in [0.4, 0.5) is 0 Å². The number of nitrogens with zero attached hydrogens (tertiary/aromatic N) is 2. The number of alkyl halides is 1. The number of halogens is 1. The third kappa shape index (κ3) is 3.95. The number of carbonyl (C=O) groups is 1. The number of hydrogen-bond acceptors (Lipinski definition) is 4. The molecule has 3 rings (SSSR count). The molecule has 0 radical (unpaired) electrons. The first kappa shape index (κ1) is 19.7. The molecular weight excluding hydrogens is 388 g/mol. The molecule has 2 aromatic carbocycles. The predicted octanol–water partition coefficient (Wildman–Crippen LogP) is 2.86. The highest BCUT2D eigenvalue weighted by molar-refractivity contribution is 7.89. The molecule has 0 aromatic heterocycles. The Labute approximate surface area is 164 Å². The van der Waals surface area contributed by atoms with E-state index in [1.54, 1.807) is 61.7 Å². The zero-order chi connectivity index (χ0) is 19.4. The highest BCUT2D eigenvalue weighted by Crippen LogP contribution is 2.35. The summed E-state index contributed by atoms with van der Waals surface area (Å²) in [6, 6.07) is 15.3. The minimum atomic E-state index is -3.78. The van der Waals surface area contributed by atoms with Crippen LogP contribution in [0.5, 0.6) is 5.75 Å². The van der Waals surface area contributed by atoms with E-state index in [1.807, 2.05) is 0 Å². The predicted molar refractivity (Wildman–Crippen MR) is 103 cm³/mol. The SMILES string of the molecule is COc1ccc(C2N(C(=O)CCl)CCCN2S(=O)(=O)c2ccccc2)cc1. The van der Waals surface area contributed by atoms with Gasteiger partial charge in [0.2, 0.25) is 15.9 Å². The van der Waals surface area contributed by atoms with Crippen LogP contribution in [0.3, 0.4) is 0 Å². The summed E-state index contributed by atoms with van der Waals surface area (Å²) >= 11 is 5.79. The molecule has 0 saturated carbocycles. The Kier molecular flexibility index (Phi) is 6.04. The van der Waals surface area contributed by atoms with Crippen molar-refractivity contribution in [3.8, 4) is 5.75 Å². The molecule has 1 fully saturated rings. The Hall–Kier alpha value is -2.09. The van der Waals surface area contributed by atoms with Crippen molar-refractivity contribution in [1.82, 2.24) is 9.21 Å². The molecule has 1 saturated heterocycles. The molecule has 8 heteroatoms. The molecule has 1 heterocycles. The molecule has 2 aromatic rings. The van der Waals surface area contributed by atoms with Crippen LogP contribution in [0, 0.1) is 0 Å². The molecule has 0 spiro atoms. The number of carbonyl (C=O) groups excluding carboxylic acids is 1. The Bertz CT molecular complexity index is 888. The lowest BCUT2D eigenvalue weighted by Gasteiger charge is -2.43. The molecule has 6 nitrogen and oxygen atoms in total. The second-order valence-corrected chi connectivity index (χ2v) is 8.31. The smallest absolute Gasteiger partial charge is 0.245 e. The van der Waals surface area contributed by atoms with Crippen molar-refractivity contribution in [3.05, 3.63) is 60.2 Å². The van der Waals surface area contributed by atoms with Crippen molar-refractivity contribution in [2.45, 2.75) is 17.5 Å². The Morgan fingerprint density at radius 2 is 1.78 bits per heavy atom. The third-order valence-corrected chi connectivity index (χ3v) is 6.64. The van der Waals surface area contributed by atoms with Gasteiger partial charge in [0.05, 0.1) is 12.0 Å². The Morgan fingerprint density at radius 1 is 1.11 bits per heavy atom. The summed E-state index contributed by atoms with van der Waals surface area (Å²) in [7, 11) is -2.22. The highest BCUT2D eigenvalue weighted by atomic mass is 35.5. The first-order chi connectivity index (χ1) is 13.0. The maximum atomic E-state index is 13.3. The Morgan fingerprint density at radius 3 is 2.37 bits per heavy atom. The maximum Gasteiger partial charge on any atom is 0.245 e. The maximum absolute atomic E-state index is 13.3. The molecule has 144 valence electrons. The van der Waals surface area contributed by atoms with Crippen molar-refractivity contribution in [2.75, 3.05) is 26.1 Å². The van der Waals surface area contributed by atoms with Crippen LogP contribution in [0.15, 0.2) is 59.5 Å². The van der Waals surface area contributed by atoms with Gasteiger partial charge in [-0.05, 0) is 36.2 Å². The highest BCUT2D eigenvalue weighted by Gasteiger charge is 2.40. The van der Waals surface area contributed by atoms with Crippen LogP contribution >= 0.6 is 11.6 Å². The monoisotopic (exact) mass is 408 g/mol. The van der Waals surface area contributed by atoms with Gasteiger partial charge >= 0.3 is 0 Å². The molecule has 0 N–H and O–H groups in total. The van der Waals surface area contributed by atoms with Gasteiger partial charge in [0.1, 0.15) is 17.8 Å². The van der Waals surface area contributed by atoms with Crippen molar-refractivity contribution < 1.29 is 17.9 Å². The molecule has 1 aliphatic heterocycles. The lowest BCUT2D eigenvalue weighted by molar-refractivity contribution is -0.135. The van der Waals surface area contributed by atoms with Gasteiger partial charge in [-0.1, -0.05) is 30.3 Å². The summed E-state index contributed by atoms with van der Waals surface area (Å²) in [5.74, 6) is 0.152. The van der Waals surface area contributed by atoms with Crippen molar-refractivity contribution in [1.29, 1.82) is 0 Å². The van der Waals surface area contributed by atoms with E-state index in [1.165, 1.54) is 9.21 Å². The summed E-state index contributed by atoms with van der Waals surface area (Å²) in [6.45, 7) is 0.767. The molecule has 0 bridgehead atoms. The quantitative estimate of drug-likeness (QED) is 0.713. The van der Waals surface area contributed by atoms with Gasteiger partial charge in [-0.3, -0.25) is 4.79 Å². The van der Waals surface area contributed by atoms with Crippen LogP contribution in [-0.2, 0) is 14.8 Å². The summed E-state index contributed by atoms with van der Waals surface area (Å²) in [5, 5.41) is 0. The second-order valence-electron chi connectivity index (χ2n) is 6.15. The molecule has 1 atom stereocenters. The minimum Gasteiger partial charge on any atom is -0.497 e. The lowest BCUT2D eigenvalue weighted by Crippen LogP contribution is -2.52. The molecular formula is C19H21ClN2O4S. The summed E-state index contributed by atoms with van der Waals surface area (Å²) in [6.07, 6.45) is -0.206. The topological polar surface area (TPSA) is 66.9 Å². The van der Waals surface area contributed by atoms with Gasteiger partial charge < -0.3 is 9.64 Å². The third-order valence-electron chi connectivity index (χ3n) is 4.54. The van der Waals surface area contributed by atoms with Gasteiger partial charge in [-0.25, -0.2) is 8.42 Å². The average molecular weight is 409 g/mol. The van der Waals surface area contributed by atoms with E-state index in [4.69, 9.17) is 16.3 Å². The van der Waals surface area contributed by atoms with Gasteiger partial charge in [-0.15, -0.1) is 11.6 Å². The molecule has 1 unspecified atom stereocenters. The fourth-order valence-corrected chi connectivity index (χ4v) is 5.03. The van der Waals surface area contributed by atoms with Crippen LogP contribution in [0.2, 0.25) is 0 Å². The Balaban J connectivity index is 2.08. The average Bonchev–Trinajstić information content (AvgIpc) is 2.73. The summed E-state index contributed by atoms with van der Waals surface area (Å²) in [4.78, 5) is 14.2. The first-order valence-corrected chi connectivity index (χ1v) is 10.5. The zero-order valence-electron chi connectivity index (χ0n) is 14.9. The van der Waals surface area contributed by atoms with Crippen LogP contribution in [0.1, 0.15) is 18.2 Å². The fourth-order valence-electron chi connectivity index (χ4n) is 3.24. The van der Waals surface area contributed by atoms with Gasteiger partial charge in [0.25, 0.3) is 0 Å². The minimum absolute atomic E-state index is 0.198. The summed E-state index contributed by atoms with van der Waals surface area (Å²) < 4.78 is 33.1. The molecule has 1 aliphatic rings. The fraction of sp³-hybridized carbons (Fsp3) is 0.316. The van der Waals surface area contributed by atoms with Gasteiger partial charge in [0, 0.05) is 13.1 Å².